The molecule has 0 amide bonds. The molecule has 134 valence electrons. The molecule has 0 spiro atoms. The Bertz CT molecular complexity index is 1020. The number of rotatable bonds is 7. The summed E-state index contributed by atoms with van der Waals surface area (Å²) in [4.78, 5) is 11.7. The van der Waals surface area contributed by atoms with E-state index >= 15 is 0 Å². The summed E-state index contributed by atoms with van der Waals surface area (Å²) in [6.07, 6.45) is 1.88. The van der Waals surface area contributed by atoms with Gasteiger partial charge in [-0.3, -0.25) is 4.40 Å². The molecule has 0 atom stereocenters. The molecule has 0 saturated carbocycles. The van der Waals surface area contributed by atoms with Crippen molar-refractivity contribution in [2.45, 2.75) is 6.92 Å². The molecule has 0 radical (unpaired) electrons. The molecule has 0 saturated heterocycles. The Morgan fingerprint density at radius 1 is 1.15 bits per heavy atom. The van der Waals surface area contributed by atoms with E-state index in [1.54, 1.807) is 11.3 Å². The molecule has 0 fully saturated rings. The first kappa shape index (κ1) is 17.0. The van der Waals surface area contributed by atoms with E-state index in [2.05, 4.69) is 57.3 Å². The fraction of sp³-hybridized carbons (Fsp3) is 0.263. The first-order chi connectivity index (χ1) is 12.8. The van der Waals surface area contributed by atoms with Gasteiger partial charge in [-0.1, -0.05) is 30.3 Å². The van der Waals surface area contributed by atoms with Crippen LogP contribution in [0.25, 0.3) is 26.4 Å². The van der Waals surface area contributed by atoms with E-state index in [9.17, 15) is 0 Å². The van der Waals surface area contributed by atoms with Crippen LogP contribution in [-0.4, -0.2) is 45.7 Å². The van der Waals surface area contributed by atoms with Gasteiger partial charge in [-0.2, -0.15) is 0 Å². The summed E-state index contributed by atoms with van der Waals surface area (Å²) in [7, 11) is 0. The van der Waals surface area contributed by atoms with Crippen molar-refractivity contribution in [3.63, 3.8) is 0 Å². The van der Waals surface area contributed by atoms with Gasteiger partial charge in [0, 0.05) is 36.4 Å². The lowest BCUT2D eigenvalue weighted by Gasteiger charge is -2.09. The Morgan fingerprint density at radius 2 is 2.00 bits per heavy atom. The summed E-state index contributed by atoms with van der Waals surface area (Å²) in [5.41, 5.74) is 4.10. The Hall–Kier alpha value is -2.48. The molecule has 1 aromatic carbocycles. The second-order valence-corrected chi connectivity index (χ2v) is 7.12. The van der Waals surface area contributed by atoms with Gasteiger partial charge >= 0.3 is 0 Å². The standard InChI is InChI=1S/C19H21N5OS/c1-13-12-22-18-17(21-8-7-20-9-10-25)23-15-11-16(26-19(15)24(13)18)14-5-3-2-4-6-14/h2-6,11-12,20,25H,7-10H2,1H3,(H,21,23). The van der Waals surface area contributed by atoms with Gasteiger partial charge in [-0.25, -0.2) is 9.97 Å². The summed E-state index contributed by atoms with van der Waals surface area (Å²) < 4.78 is 2.17. The van der Waals surface area contributed by atoms with Crippen molar-refractivity contribution in [2.75, 3.05) is 31.6 Å². The van der Waals surface area contributed by atoms with Gasteiger partial charge in [0.2, 0.25) is 0 Å². The number of anilines is 1. The van der Waals surface area contributed by atoms with Gasteiger partial charge in [0.1, 0.15) is 10.3 Å². The van der Waals surface area contributed by atoms with Crippen molar-refractivity contribution in [3.05, 3.63) is 48.3 Å². The van der Waals surface area contributed by atoms with Crippen molar-refractivity contribution in [1.29, 1.82) is 0 Å². The van der Waals surface area contributed by atoms with Crippen molar-refractivity contribution in [2.24, 2.45) is 0 Å². The summed E-state index contributed by atoms with van der Waals surface area (Å²) in [6, 6.07) is 12.5. The SMILES string of the molecule is Cc1cnc2c(NCCNCCO)nc3cc(-c4ccccc4)sc3n12. The molecule has 0 unspecified atom stereocenters. The number of aromatic nitrogens is 3. The van der Waals surface area contributed by atoms with Crippen LogP contribution in [0.2, 0.25) is 0 Å². The average Bonchev–Trinajstić information content (AvgIpc) is 3.26. The lowest BCUT2D eigenvalue weighted by Crippen LogP contribution is -2.25. The zero-order valence-corrected chi connectivity index (χ0v) is 15.4. The Labute approximate surface area is 155 Å². The highest BCUT2D eigenvalue weighted by Crippen LogP contribution is 2.34. The number of hydrogen-bond acceptors (Lipinski definition) is 6. The van der Waals surface area contributed by atoms with Gasteiger partial charge in [0.25, 0.3) is 0 Å². The average molecular weight is 367 g/mol. The normalized spacial score (nSPS) is 11.5. The maximum atomic E-state index is 8.83. The second-order valence-electron chi connectivity index (χ2n) is 6.09. The van der Waals surface area contributed by atoms with Crippen LogP contribution in [0.15, 0.2) is 42.6 Å². The number of imidazole rings is 1. The van der Waals surface area contributed by atoms with Crippen molar-refractivity contribution >= 4 is 33.1 Å². The van der Waals surface area contributed by atoms with Gasteiger partial charge in [-0.05, 0) is 18.6 Å². The maximum absolute atomic E-state index is 8.83. The van der Waals surface area contributed by atoms with Crippen molar-refractivity contribution < 1.29 is 5.11 Å². The zero-order chi connectivity index (χ0) is 17.9. The molecule has 26 heavy (non-hydrogen) atoms. The molecule has 6 nitrogen and oxygen atoms in total. The molecular formula is C19H21N5OS. The predicted octanol–water partition coefficient (Wildman–Crippen LogP) is 2.91. The number of nitrogens with zero attached hydrogens (tertiary/aromatic N) is 3. The summed E-state index contributed by atoms with van der Waals surface area (Å²) in [5.74, 6) is 0.786. The number of nitrogens with one attached hydrogen (secondary N) is 2. The second kappa shape index (κ2) is 7.41. The summed E-state index contributed by atoms with van der Waals surface area (Å²) >= 11 is 1.73. The van der Waals surface area contributed by atoms with Crippen LogP contribution in [0.5, 0.6) is 0 Å². The fourth-order valence-electron chi connectivity index (χ4n) is 2.98. The lowest BCUT2D eigenvalue weighted by atomic mass is 10.2. The molecular weight excluding hydrogens is 346 g/mol. The number of fused-ring (bicyclic) bond motifs is 3. The quantitative estimate of drug-likeness (QED) is 0.438. The van der Waals surface area contributed by atoms with Crippen LogP contribution in [0.3, 0.4) is 0 Å². The van der Waals surface area contributed by atoms with E-state index in [4.69, 9.17) is 10.1 Å². The zero-order valence-electron chi connectivity index (χ0n) is 14.6. The third-order valence-electron chi connectivity index (χ3n) is 4.22. The summed E-state index contributed by atoms with van der Waals surface area (Å²) in [5, 5.41) is 15.4. The third kappa shape index (κ3) is 3.16. The van der Waals surface area contributed by atoms with E-state index in [1.807, 2.05) is 12.3 Å². The van der Waals surface area contributed by atoms with Gasteiger partial charge in [0.05, 0.1) is 6.61 Å². The van der Waals surface area contributed by atoms with E-state index in [1.165, 1.54) is 10.4 Å². The van der Waals surface area contributed by atoms with Crippen LogP contribution < -0.4 is 10.6 Å². The van der Waals surface area contributed by atoms with Crippen molar-refractivity contribution in [3.8, 4) is 10.4 Å². The van der Waals surface area contributed by atoms with Crippen molar-refractivity contribution in [1.82, 2.24) is 19.7 Å². The summed E-state index contributed by atoms with van der Waals surface area (Å²) in [6.45, 7) is 4.27. The first-order valence-corrected chi connectivity index (χ1v) is 9.48. The van der Waals surface area contributed by atoms with Crippen LogP contribution in [0, 0.1) is 6.92 Å². The van der Waals surface area contributed by atoms with Gasteiger partial charge in [0.15, 0.2) is 11.5 Å². The smallest absolute Gasteiger partial charge is 0.181 e. The number of hydrogen-bond donors (Lipinski definition) is 3. The van der Waals surface area contributed by atoms with Crippen LogP contribution >= 0.6 is 11.3 Å². The molecule has 3 heterocycles. The molecule has 0 aliphatic heterocycles. The molecule has 4 rings (SSSR count). The van der Waals surface area contributed by atoms with Gasteiger partial charge in [-0.15, -0.1) is 11.3 Å². The highest BCUT2D eigenvalue weighted by molar-refractivity contribution is 7.21. The number of aryl methyl sites for hydroxylation is 1. The van der Waals surface area contributed by atoms with Gasteiger partial charge < -0.3 is 15.7 Å². The van der Waals surface area contributed by atoms with E-state index < -0.39 is 0 Å². The third-order valence-corrected chi connectivity index (χ3v) is 5.38. The lowest BCUT2D eigenvalue weighted by molar-refractivity contribution is 0.293. The first-order valence-electron chi connectivity index (χ1n) is 8.66. The highest BCUT2D eigenvalue weighted by Gasteiger charge is 2.15. The Balaban J connectivity index is 1.73. The number of aliphatic hydroxyl groups excluding tert-OH is 1. The largest absolute Gasteiger partial charge is 0.395 e. The monoisotopic (exact) mass is 367 g/mol. The maximum Gasteiger partial charge on any atom is 0.181 e. The van der Waals surface area contributed by atoms with E-state index in [0.29, 0.717) is 6.54 Å². The number of thiophene rings is 1. The molecule has 7 heteroatoms. The van der Waals surface area contributed by atoms with Crippen LogP contribution in [0.1, 0.15) is 5.69 Å². The van der Waals surface area contributed by atoms with E-state index in [-0.39, 0.29) is 6.61 Å². The minimum Gasteiger partial charge on any atom is -0.395 e. The fourth-order valence-corrected chi connectivity index (χ4v) is 4.14. The highest BCUT2D eigenvalue weighted by atomic mass is 32.1. The minimum atomic E-state index is 0.144. The molecule has 0 aliphatic carbocycles. The molecule has 3 N–H and O–H groups in total. The molecule has 4 aromatic rings. The number of benzene rings is 1. The Morgan fingerprint density at radius 3 is 2.81 bits per heavy atom. The minimum absolute atomic E-state index is 0.144. The topological polar surface area (TPSA) is 74.5 Å². The van der Waals surface area contributed by atoms with Crippen LogP contribution in [-0.2, 0) is 0 Å². The molecule has 0 aliphatic rings. The van der Waals surface area contributed by atoms with Crippen LogP contribution in [0.4, 0.5) is 5.82 Å². The molecule has 3 aromatic heterocycles. The predicted molar refractivity (Wildman–Crippen MR) is 107 cm³/mol. The number of aliphatic hydroxyl groups is 1. The Kier molecular flexibility index (Phi) is 4.83. The van der Waals surface area contributed by atoms with E-state index in [0.717, 1.165) is 40.6 Å². The molecule has 0 bridgehead atoms.